The number of carbonyl (C=O) groups is 1. The second-order valence-corrected chi connectivity index (χ2v) is 4.05. The highest BCUT2D eigenvalue weighted by Gasteiger charge is 2.08. The monoisotopic (exact) mass is 267 g/mol. The molecule has 106 valence electrons. The molecule has 0 heterocycles. The average Bonchev–Trinajstić information content (AvgIpc) is 2.43. The maximum Gasteiger partial charge on any atom is 0.307 e. The van der Waals surface area contributed by atoms with Gasteiger partial charge in [0.1, 0.15) is 5.75 Å². The Bertz CT molecular complexity index is 395. The molecule has 0 saturated carbocycles. The number of methoxy groups -OCH3 is 1. The van der Waals surface area contributed by atoms with Gasteiger partial charge in [-0.15, -0.1) is 0 Å². The number of aliphatic hydroxyl groups excluding tert-OH is 1. The van der Waals surface area contributed by atoms with E-state index in [9.17, 15) is 9.90 Å². The van der Waals surface area contributed by atoms with Crippen LogP contribution in [0, 0.1) is 0 Å². The van der Waals surface area contributed by atoms with Crippen LogP contribution in [-0.4, -0.2) is 37.9 Å². The van der Waals surface area contributed by atoms with Crippen LogP contribution in [0.1, 0.15) is 25.0 Å². The summed E-state index contributed by atoms with van der Waals surface area (Å²) < 4.78 is 9.90. The number of hydrogen-bond acceptors (Lipinski definition) is 5. The summed E-state index contributed by atoms with van der Waals surface area (Å²) in [6, 6.07) is 7.28. The predicted molar refractivity (Wildman–Crippen MR) is 72.1 cm³/mol. The van der Waals surface area contributed by atoms with Crippen LogP contribution in [-0.2, 0) is 9.53 Å². The fraction of sp³-hybridized carbons (Fsp3) is 0.500. The van der Waals surface area contributed by atoms with E-state index in [1.807, 2.05) is 18.2 Å². The fourth-order valence-electron chi connectivity index (χ4n) is 1.63. The lowest BCUT2D eigenvalue weighted by Crippen LogP contribution is -2.24. The average molecular weight is 267 g/mol. The SMILES string of the molecule is CCOC(=O)CCNCC(O)c1cccc(OC)c1. The van der Waals surface area contributed by atoms with E-state index in [0.717, 1.165) is 5.56 Å². The molecule has 19 heavy (non-hydrogen) atoms. The Labute approximate surface area is 113 Å². The van der Waals surface area contributed by atoms with Gasteiger partial charge >= 0.3 is 5.97 Å². The van der Waals surface area contributed by atoms with Crippen LogP contribution in [0.3, 0.4) is 0 Å². The highest BCUT2D eigenvalue weighted by molar-refractivity contribution is 5.69. The lowest BCUT2D eigenvalue weighted by atomic mass is 10.1. The zero-order valence-corrected chi connectivity index (χ0v) is 11.4. The molecule has 1 aromatic carbocycles. The third kappa shape index (κ3) is 5.72. The highest BCUT2D eigenvalue weighted by Crippen LogP contribution is 2.18. The maximum absolute atomic E-state index is 11.1. The molecule has 5 heteroatoms. The summed E-state index contributed by atoms with van der Waals surface area (Å²) in [6.45, 7) is 3.04. The zero-order valence-electron chi connectivity index (χ0n) is 11.4. The van der Waals surface area contributed by atoms with Gasteiger partial charge in [-0.25, -0.2) is 0 Å². The van der Waals surface area contributed by atoms with Crippen LogP contribution in [0.15, 0.2) is 24.3 Å². The standard InChI is InChI=1S/C14H21NO4/c1-3-19-14(17)7-8-15-10-13(16)11-5-4-6-12(9-11)18-2/h4-6,9,13,15-16H,3,7-8,10H2,1-2H3. The minimum atomic E-state index is -0.628. The Morgan fingerprint density at radius 3 is 2.95 bits per heavy atom. The number of rotatable bonds is 8. The summed E-state index contributed by atoms with van der Waals surface area (Å²) in [5, 5.41) is 13.0. The van der Waals surface area contributed by atoms with Crippen molar-refractivity contribution in [3.05, 3.63) is 29.8 Å². The third-order valence-corrected chi connectivity index (χ3v) is 2.63. The summed E-state index contributed by atoms with van der Waals surface area (Å²) in [5.41, 5.74) is 0.781. The first kappa shape index (κ1) is 15.5. The molecular weight excluding hydrogens is 246 g/mol. The summed E-state index contributed by atoms with van der Waals surface area (Å²) in [5.74, 6) is 0.481. The summed E-state index contributed by atoms with van der Waals surface area (Å²) in [4.78, 5) is 11.1. The first-order valence-electron chi connectivity index (χ1n) is 6.35. The molecule has 1 atom stereocenters. The van der Waals surface area contributed by atoms with Crippen LogP contribution < -0.4 is 10.1 Å². The summed E-state index contributed by atoms with van der Waals surface area (Å²) in [7, 11) is 1.59. The van der Waals surface area contributed by atoms with Crippen LogP contribution >= 0.6 is 0 Å². The topological polar surface area (TPSA) is 67.8 Å². The molecule has 0 bridgehead atoms. The van der Waals surface area contributed by atoms with Crippen LogP contribution in [0.5, 0.6) is 5.75 Å². The predicted octanol–water partition coefficient (Wildman–Crippen LogP) is 1.27. The van der Waals surface area contributed by atoms with Crippen molar-refractivity contribution in [3.63, 3.8) is 0 Å². The van der Waals surface area contributed by atoms with Crippen LogP contribution in [0.25, 0.3) is 0 Å². The smallest absolute Gasteiger partial charge is 0.307 e. The first-order chi connectivity index (χ1) is 9.17. The van der Waals surface area contributed by atoms with Gasteiger partial charge in [0.2, 0.25) is 0 Å². The molecule has 0 saturated heterocycles. The number of benzene rings is 1. The largest absolute Gasteiger partial charge is 0.497 e. The van der Waals surface area contributed by atoms with E-state index in [2.05, 4.69) is 5.32 Å². The van der Waals surface area contributed by atoms with E-state index in [1.165, 1.54) is 0 Å². The van der Waals surface area contributed by atoms with Crippen molar-refractivity contribution in [1.29, 1.82) is 0 Å². The Morgan fingerprint density at radius 1 is 1.47 bits per heavy atom. The molecule has 5 nitrogen and oxygen atoms in total. The number of nitrogens with one attached hydrogen (secondary N) is 1. The molecule has 0 aliphatic heterocycles. The zero-order chi connectivity index (χ0) is 14.1. The summed E-state index contributed by atoms with van der Waals surface area (Å²) >= 11 is 0. The highest BCUT2D eigenvalue weighted by atomic mass is 16.5. The lowest BCUT2D eigenvalue weighted by Gasteiger charge is -2.13. The second-order valence-electron chi connectivity index (χ2n) is 4.05. The van der Waals surface area contributed by atoms with Gasteiger partial charge in [0.25, 0.3) is 0 Å². The molecule has 2 N–H and O–H groups in total. The van der Waals surface area contributed by atoms with Gasteiger partial charge in [0.15, 0.2) is 0 Å². The van der Waals surface area contributed by atoms with Gasteiger partial charge in [0.05, 0.1) is 26.2 Å². The Hall–Kier alpha value is -1.59. The molecule has 1 aromatic rings. The Kier molecular flexibility index (Phi) is 6.92. The molecule has 0 aromatic heterocycles. The van der Waals surface area contributed by atoms with Crippen LogP contribution in [0.4, 0.5) is 0 Å². The van der Waals surface area contributed by atoms with Gasteiger partial charge in [-0.05, 0) is 24.6 Å². The van der Waals surface area contributed by atoms with E-state index in [1.54, 1.807) is 20.1 Å². The number of carbonyl (C=O) groups excluding carboxylic acids is 1. The van der Waals surface area contributed by atoms with E-state index < -0.39 is 6.10 Å². The number of ether oxygens (including phenoxy) is 2. The van der Waals surface area contributed by atoms with Crippen molar-refractivity contribution in [2.24, 2.45) is 0 Å². The molecule has 0 spiro atoms. The first-order valence-corrected chi connectivity index (χ1v) is 6.35. The van der Waals surface area contributed by atoms with Crippen molar-refractivity contribution in [3.8, 4) is 5.75 Å². The van der Waals surface area contributed by atoms with Crippen molar-refractivity contribution < 1.29 is 19.4 Å². The van der Waals surface area contributed by atoms with Gasteiger partial charge in [-0.2, -0.15) is 0 Å². The van der Waals surface area contributed by atoms with Gasteiger partial charge in [-0.1, -0.05) is 12.1 Å². The molecule has 1 unspecified atom stereocenters. The molecular formula is C14H21NO4. The molecule has 0 aliphatic rings. The Balaban J connectivity index is 2.30. The summed E-state index contributed by atoms with van der Waals surface area (Å²) in [6.07, 6.45) is -0.323. The molecule has 1 rings (SSSR count). The molecule has 0 fully saturated rings. The number of esters is 1. The van der Waals surface area contributed by atoms with E-state index in [4.69, 9.17) is 9.47 Å². The van der Waals surface area contributed by atoms with Crippen molar-refractivity contribution in [2.75, 3.05) is 26.8 Å². The second kappa shape index (κ2) is 8.50. The van der Waals surface area contributed by atoms with E-state index in [-0.39, 0.29) is 5.97 Å². The molecule has 0 amide bonds. The normalized spacial score (nSPS) is 11.9. The number of aliphatic hydroxyl groups is 1. The van der Waals surface area contributed by atoms with Gasteiger partial charge < -0.3 is 19.9 Å². The Morgan fingerprint density at radius 2 is 2.26 bits per heavy atom. The number of hydrogen-bond donors (Lipinski definition) is 2. The molecule has 0 aliphatic carbocycles. The van der Waals surface area contributed by atoms with E-state index >= 15 is 0 Å². The van der Waals surface area contributed by atoms with Crippen molar-refractivity contribution >= 4 is 5.97 Å². The van der Waals surface area contributed by atoms with Gasteiger partial charge in [0, 0.05) is 13.1 Å². The van der Waals surface area contributed by atoms with E-state index in [0.29, 0.717) is 31.9 Å². The fourth-order valence-corrected chi connectivity index (χ4v) is 1.63. The lowest BCUT2D eigenvalue weighted by molar-refractivity contribution is -0.143. The van der Waals surface area contributed by atoms with Crippen LogP contribution in [0.2, 0.25) is 0 Å². The minimum Gasteiger partial charge on any atom is -0.497 e. The van der Waals surface area contributed by atoms with Gasteiger partial charge in [-0.3, -0.25) is 4.79 Å². The third-order valence-electron chi connectivity index (χ3n) is 2.63. The quantitative estimate of drug-likeness (QED) is 0.548. The van der Waals surface area contributed by atoms with Crippen molar-refractivity contribution in [1.82, 2.24) is 5.32 Å². The maximum atomic E-state index is 11.1. The van der Waals surface area contributed by atoms with Crippen molar-refractivity contribution in [2.45, 2.75) is 19.4 Å². The molecule has 0 radical (unpaired) electrons. The minimum absolute atomic E-state index is 0.231.